The third-order valence-electron chi connectivity index (χ3n) is 3.77. The maximum absolute atomic E-state index is 12.7. The van der Waals surface area contributed by atoms with Crippen LogP contribution in [0, 0.1) is 0 Å². The lowest BCUT2D eigenvalue weighted by Crippen LogP contribution is -2.36. The highest BCUT2D eigenvalue weighted by molar-refractivity contribution is 7.84. The number of fused-ring (bicyclic) bond motifs is 1. The number of ether oxygens (including phenoxy) is 1. The highest BCUT2D eigenvalue weighted by atomic mass is 32.2. The van der Waals surface area contributed by atoms with Gasteiger partial charge >= 0.3 is 0 Å². The van der Waals surface area contributed by atoms with Crippen molar-refractivity contribution in [2.45, 2.75) is 31.6 Å². The third kappa shape index (κ3) is 4.08. The Kier molecular flexibility index (Phi) is 5.22. The topological polar surface area (TPSA) is 51.2 Å². The Morgan fingerprint density at radius 2 is 1.92 bits per heavy atom. The molecule has 2 atom stereocenters. The monoisotopic (exact) mass is 374 g/mol. The zero-order valence-corrected chi connectivity index (χ0v) is 16.4. The van der Waals surface area contributed by atoms with Gasteiger partial charge in [-0.05, 0) is 50.6 Å². The first kappa shape index (κ1) is 18.0. The minimum absolute atomic E-state index is 0.257. The van der Waals surface area contributed by atoms with Gasteiger partial charge in [0, 0.05) is 0 Å². The largest absolute Gasteiger partial charge is 0.497 e. The van der Waals surface area contributed by atoms with Gasteiger partial charge in [-0.2, -0.15) is 0 Å². The van der Waals surface area contributed by atoms with Crippen LogP contribution in [0.2, 0.25) is 0 Å². The van der Waals surface area contributed by atoms with Gasteiger partial charge in [-0.15, -0.1) is 11.3 Å². The molecule has 0 aliphatic heterocycles. The number of nitrogens with zero attached hydrogens (tertiary/aromatic N) is 1. The predicted octanol–water partition coefficient (Wildman–Crippen LogP) is 4.45. The van der Waals surface area contributed by atoms with E-state index in [1.807, 2.05) is 63.2 Å². The molecule has 0 amide bonds. The lowest BCUT2D eigenvalue weighted by Gasteiger charge is -2.23. The fourth-order valence-corrected chi connectivity index (χ4v) is 4.32. The van der Waals surface area contributed by atoms with E-state index in [1.54, 1.807) is 18.4 Å². The minimum atomic E-state index is -1.22. The van der Waals surface area contributed by atoms with Gasteiger partial charge in [-0.1, -0.05) is 24.3 Å². The fraction of sp³-hybridized carbons (Fsp3) is 0.316. The van der Waals surface area contributed by atoms with Gasteiger partial charge in [0.25, 0.3) is 0 Å². The second kappa shape index (κ2) is 7.23. The summed E-state index contributed by atoms with van der Waals surface area (Å²) in [7, 11) is 0.423. The molecule has 1 N–H and O–H groups in total. The van der Waals surface area contributed by atoms with Gasteiger partial charge in [0.1, 0.15) is 10.8 Å². The SMILES string of the molecule is COc1cccc([C@H](NS(=O)C(C)(C)C)c2nc3ccccc3s2)c1. The molecular formula is C19H22N2O2S2. The number of methoxy groups -OCH3 is 1. The van der Waals surface area contributed by atoms with Crippen molar-refractivity contribution in [1.82, 2.24) is 9.71 Å². The first-order valence-electron chi connectivity index (χ1n) is 8.06. The first-order chi connectivity index (χ1) is 11.9. The van der Waals surface area contributed by atoms with Crippen molar-refractivity contribution in [3.05, 3.63) is 59.1 Å². The summed E-state index contributed by atoms with van der Waals surface area (Å²) in [6.45, 7) is 5.87. The number of benzene rings is 2. The van der Waals surface area contributed by atoms with Crippen molar-refractivity contribution in [2.24, 2.45) is 0 Å². The summed E-state index contributed by atoms with van der Waals surface area (Å²) in [6, 6.07) is 15.6. The van der Waals surface area contributed by atoms with E-state index < -0.39 is 11.0 Å². The molecular weight excluding hydrogens is 352 g/mol. The van der Waals surface area contributed by atoms with Crippen LogP contribution in [0.25, 0.3) is 10.2 Å². The molecule has 2 aromatic carbocycles. The summed E-state index contributed by atoms with van der Waals surface area (Å²) in [5.41, 5.74) is 1.94. The quantitative estimate of drug-likeness (QED) is 0.718. The zero-order valence-electron chi connectivity index (χ0n) is 14.8. The smallest absolute Gasteiger partial charge is 0.119 e. The maximum Gasteiger partial charge on any atom is 0.119 e. The van der Waals surface area contributed by atoms with E-state index in [-0.39, 0.29) is 10.8 Å². The van der Waals surface area contributed by atoms with Crippen LogP contribution >= 0.6 is 11.3 Å². The Balaban J connectivity index is 2.05. The Hall–Kier alpha value is -1.76. The van der Waals surface area contributed by atoms with Gasteiger partial charge in [-0.25, -0.2) is 13.9 Å². The van der Waals surface area contributed by atoms with Crippen molar-refractivity contribution in [2.75, 3.05) is 7.11 Å². The summed E-state index contributed by atoms with van der Waals surface area (Å²) in [4.78, 5) is 4.76. The molecule has 1 heterocycles. The molecule has 3 rings (SSSR count). The molecule has 1 unspecified atom stereocenters. The lowest BCUT2D eigenvalue weighted by atomic mass is 10.1. The van der Waals surface area contributed by atoms with E-state index in [9.17, 15) is 4.21 Å². The summed E-state index contributed by atoms with van der Waals surface area (Å²) in [5.74, 6) is 0.770. The molecule has 0 aliphatic carbocycles. The maximum atomic E-state index is 12.7. The molecule has 0 fully saturated rings. The molecule has 25 heavy (non-hydrogen) atoms. The molecule has 0 bridgehead atoms. The van der Waals surface area contributed by atoms with Crippen LogP contribution in [0.4, 0.5) is 0 Å². The molecule has 132 valence electrons. The number of hydrogen-bond donors (Lipinski definition) is 1. The number of para-hydroxylation sites is 1. The lowest BCUT2D eigenvalue weighted by molar-refractivity contribution is 0.414. The van der Waals surface area contributed by atoms with E-state index in [1.165, 1.54) is 0 Å². The molecule has 1 aromatic heterocycles. The predicted molar refractivity (Wildman–Crippen MR) is 105 cm³/mol. The van der Waals surface area contributed by atoms with Crippen LogP contribution in [-0.2, 0) is 11.0 Å². The van der Waals surface area contributed by atoms with E-state index >= 15 is 0 Å². The summed E-state index contributed by atoms with van der Waals surface area (Å²) >= 11 is 1.62. The second-order valence-electron chi connectivity index (χ2n) is 6.73. The van der Waals surface area contributed by atoms with Gasteiger partial charge < -0.3 is 4.74 Å². The minimum Gasteiger partial charge on any atom is -0.497 e. The first-order valence-corrected chi connectivity index (χ1v) is 10.0. The van der Waals surface area contributed by atoms with Crippen molar-refractivity contribution >= 4 is 32.5 Å². The molecule has 0 saturated carbocycles. The Morgan fingerprint density at radius 3 is 2.60 bits per heavy atom. The van der Waals surface area contributed by atoms with E-state index in [4.69, 9.17) is 9.72 Å². The zero-order chi connectivity index (χ0) is 18.0. The normalized spacial score (nSPS) is 14.4. The molecule has 0 aliphatic rings. The number of rotatable bonds is 5. The molecule has 6 heteroatoms. The average Bonchev–Trinajstić information content (AvgIpc) is 3.02. The third-order valence-corrected chi connectivity index (χ3v) is 6.43. The number of aromatic nitrogens is 1. The van der Waals surface area contributed by atoms with Crippen LogP contribution < -0.4 is 9.46 Å². The van der Waals surface area contributed by atoms with Gasteiger partial charge in [0.2, 0.25) is 0 Å². The van der Waals surface area contributed by atoms with Crippen molar-refractivity contribution in [1.29, 1.82) is 0 Å². The van der Waals surface area contributed by atoms with Crippen LogP contribution in [0.3, 0.4) is 0 Å². The molecule has 0 radical (unpaired) electrons. The molecule has 0 saturated heterocycles. The van der Waals surface area contributed by atoms with Gasteiger partial charge in [0.15, 0.2) is 0 Å². The van der Waals surface area contributed by atoms with E-state index in [0.29, 0.717) is 0 Å². The van der Waals surface area contributed by atoms with Crippen molar-refractivity contribution < 1.29 is 8.95 Å². The van der Waals surface area contributed by atoms with E-state index in [2.05, 4.69) is 10.8 Å². The van der Waals surface area contributed by atoms with E-state index in [0.717, 1.165) is 26.5 Å². The summed E-state index contributed by atoms with van der Waals surface area (Å²) in [5, 5.41) is 0.895. The number of hydrogen-bond acceptors (Lipinski definition) is 4. The Bertz CT molecular complexity index is 867. The summed E-state index contributed by atoms with van der Waals surface area (Å²) in [6.07, 6.45) is 0. The van der Waals surface area contributed by atoms with Crippen LogP contribution in [0.15, 0.2) is 48.5 Å². The van der Waals surface area contributed by atoms with Crippen LogP contribution in [0.5, 0.6) is 5.75 Å². The fourth-order valence-electron chi connectivity index (χ4n) is 2.38. The van der Waals surface area contributed by atoms with Crippen molar-refractivity contribution in [3.63, 3.8) is 0 Å². The van der Waals surface area contributed by atoms with Crippen molar-refractivity contribution in [3.8, 4) is 5.75 Å². The second-order valence-corrected chi connectivity index (χ2v) is 9.79. The molecule has 4 nitrogen and oxygen atoms in total. The van der Waals surface area contributed by atoms with Gasteiger partial charge in [-0.3, -0.25) is 0 Å². The average molecular weight is 375 g/mol. The number of nitrogens with one attached hydrogen (secondary N) is 1. The highest BCUT2D eigenvalue weighted by Crippen LogP contribution is 2.32. The number of thiazole rings is 1. The van der Waals surface area contributed by atoms with Crippen LogP contribution in [0.1, 0.15) is 37.4 Å². The Morgan fingerprint density at radius 1 is 1.16 bits per heavy atom. The molecule has 3 aromatic rings. The van der Waals surface area contributed by atoms with Crippen LogP contribution in [-0.4, -0.2) is 21.0 Å². The highest BCUT2D eigenvalue weighted by Gasteiger charge is 2.27. The summed E-state index contributed by atoms with van der Waals surface area (Å²) < 4.78 is 22.1. The molecule has 0 spiro atoms. The Labute approximate surface area is 154 Å². The standard InChI is InChI=1S/C19H22N2O2S2/c1-19(2,3)25(22)21-17(13-8-7-9-14(12-13)23-4)18-20-15-10-5-6-11-16(15)24-18/h5-12,17,21H,1-4H3/t17-,25?/m0/s1. The van der Waals surface area contributed by atoms with Gasteiger partial charge in [0.05, 0.1) is 39.1 Å².